The summed E-state index contributed by atoms with van der Waals surface area (Å²) in [5, 5.41) is 0. The molecule has 8 heterocycles. The van der Waals surface area contributed by atoms with Gasteiger partial charge in [0, 0.05) is 87.6 Å². The maximum atomic E-state index is 11.9. The van der Waals surface area contributed by atoms with Crippen molar-refractivity contribution in [2.75, 3.05) is 156 Å². The van der Waals surface area contributed by atoms with E-state index in [0.717, 1.165) is 104 Å². The number of amides is 5. The van der Waals surface area contributed by atoms with Gasteiger partial charge in [0.05, 0.1) is 16.5 Å². The molecular formula is C40H76N10O3. The molecular weight excluding hydrogens is 669 g/mol. The monoisotopic (exact) mass is 745 g/mol. The van der Waals surface area contributed by atoms with E-state index in [1.165, 1.54) is 45.4 Å². The molecule has 0 unspecified atom stereocenters. The largest absolute Gasteiger partial charge is 0.345 e. The van der Waals surface area contributed by atoms with Crippen molar-refractivity contribution in [1.29, 1.82) is 0 Å². The lowest BCUT2D eigenvalue weighted by molar-refractivity contribution is -0.137. The fraction of sp³-hybridized carbons (Fsp3) is 0.925. The van der Waals surface area contributed by atoms with Crippen LogP contribution in [-0.2, 0) is 4.79 Å². The summed E-state index contributed by atoms with van der Waals surface area (Å²) in [6, 6.07) is 0.351. The van der Waals surface area contributed by atoms with Crippen LogP contribution >= 0.6 is 0 Å². The minimum Gasteiger partial charge on any atom is -0.345 e. The van der Waals surface area contributed by atoms with Crippen molar-refractivity contribution in [1.82, 2.24) is 49.0 Å². The lowest BCUT2D eigenvalue weighted by Gasteiger charge is -2.41. The number of hydrogen-bond donors (Lipinski definition) is 0. The van der Waals surface area contributed by atoms with Gasteiger partial charge in [-0.25, -0.2) is 9.59 Å². The Labute approximate surface area is 322 Å². The highest BCUT2D eigenvalue weighted by atomic mass is 16.2. The summed E-state index contributed by atoms with van der Waals surface area (Å²) >= 11 is 0. The maximum Gasteiger partial charge on any atom is 0.320 e. The molecule has 0 aromatic carbocycles. The molecule has 0 bridgehead atoms. The van der Waals surface area contributed by atoms with Gasteiger partial charge in [-0.3, -0.25) is 4.79 Å². The molecule has 8 rings (SSSR count). The Hall–Kier alpha value is -2.19. The zero-order chi connectivity index (χ0) is 38.8. The maximum absolute atomic E-state index is 11.9. The molecule has 8 saturated heterocycles. The highest BCUT2D eigenvalue weighted by molar-refractivity contribution is 5.84. The van der Waals surface area contributed by atoms with Crippen molar-refractivity contribution in [2.45, 2.75) is 75.3 Å². The molecule has 0 saturated carbocycles. The molecule has 304 valence electrons. The molecule has 8 aliphatic rings. The third-order valence-corrected chi connectivity index (χ3v) is 14.9. The van der Waals surface area contributed by atoms with Gasteiger partial charge in [0.25, 0.3) is 0 Å². The lowest BCUT2D eigenvalue weighted by Crippen LogP contribution is -2.52. The summed E-state index contributed by atoms with van der Waals surface area (Å²) in [6.45, 7) is 14.6. The number of rotatable bonds is 0. The van der Waals surface area contributed by atoms with Crippen molar-refractivity contribution in [3.63, 3.8) is 0 Å². The number of nitrogens with zero attached hydrogens (tertiary/aromatic N) is 10. The summed E-state index contributed by atoms with van der Waals surface area (Å²) in [5.41, 5.74) is 0.985. The minimum atomic E-state index is 0.0290. The fourth-order valence-electron chi connectivity index (χ4n) is 10.4. The number of carbonyl (C=O) groups excluding carboxylic acids is 3. The van der Waals surface area contributed by atoms with Gasteiger partial charge in [-0.05, 0) is 138 Å². The normalized spacial score (nSPS) is 28.9. The van der Waals surface area contributed by atoms with Gasteiger partial charge in [0.15, 0.2) is 0 Å². The molecule has 0 aliphatic carbocycles. The second-order valence-electron chi connectivity index (χ2n) is 18.8. The number of carbonyl (C=O) groups is 3. The van der Waals surface area contributed by atoms with E-state index in [4.69, 9.17) is 0 Å². The SMILES string of the molecule is CN1CCC2(CC1)CCN(C)C2.CN1CCC2(CC1)CCN(C)C2=O.CN1CCC2(CC1)CN(C)C(=O)N2C.CN1CCC2(CC1)CN(C)C(=O)N2C. The average molecular weight is 745 g/mol. The van der Waals surface area contributed by atoms with Crippen LogP contribution in [0.25, 0.3) is 0 Å². The van der Waals surface area contributed by atoms with Crippen LogP contribution in [0.2, 0.25) is 0 Å². The molecule has 53 heavy (non-hydrogen) atoms. The number of likely N-dealkylation sites (N-methyl/N-ethyl adjacent to an activating group) is 4. The Bertz CT molecular complexity index is 1200. The second kappa shape index (κ2) is 16.9. The van der Waals surface area contributed by atoms with Crippen molar-refractivity contribution in [3.05, 3.63) is 0 Å². The summed E-state index contributed by atoms with van der Waals surface area (Å²) in [4.78, 5) is 56.7. The quantitative estimate of drug-likeness (QED) is 0.375. The number of likely N-dealkylation sites (tertiary alicyclic amines) is 6. The van der Waals surface area contributed by atoms with Crippen LogP contribution < -0.4 is 0 Å². The summed E-state index contributed by atoms with van der Waals surface area (Å²) in [6.07, 6.45) is 11.9. The van der Waals surface area contributed by atoms with Gasteiger partial charge in [0.2, 0.25) is 5.91 Å². The zero-order valence-electron chi connectivity index (χ0n) is 35.5. The standard InChI is InChI=1S/2C10H19N3O.C10H18N2O.C10H20N2/c2*1-11-6-4-10(5-7-11)8-12(2)9(14)13(10)3;1-11-6-3-10(4-7-11)5-8-12(2)9(10)13;1-11-6-3-10(4-7-11)5-8-12(2)9-10/h2*4-8H2,1-3H3;3-8H2,1-2H3;3-9H2,1-2H3. The Kier molecular flexibility index (Phi) is 13.4. The summed E-state index contributed by atoms with van der Waals surface area (Å²) < 4.78 is 0. The number of urea groups is 2. The Balaban J connectivity index is 0.000000136. The first-order valence-electron chi connectivity index (χ1n) is 20.6. The molecule has 8 aliphatic heterocycles. The van der Waals surface area contributed by atoms with E-state index < -0.39 is 0 Å². The van der Waals surface area contributed by atoms with E-state index in [1.54, 1.807) is 0 Å². The molecule has 4 spiro atoms. The predicted molar refractivity (Wildman–Crippen MR) is 213 cm³/mol. The van der Waals surface area contributed by atoms with Crippen LogP contribution in [0, 0.1) is 10.8 Å². The number of hydrogen-bond acceptors (Lipinski definition) is 8. The molecule has 0 atom stereocenters. The van der Waals surface area contributed by atoms with E-state index in [9.17, 15) is 14.4 Å². The first-order chi connectivity index (χ1) is 24.9. The third-order valence-electron chi connectivity index (χ3n) is 14.9. The second-order valence-corrected chi connectivity index (χ2v) is 18.8. The Morgan fingerprint density at radius 1 is 0.358 bits per heavy atom. The van der Waals surface area contributed by atoms with Crippen molar-refractivity contribution < 1.29 is 14.4 Å². The fourth-order valence-corrected chi connectivity index (χ4v) is 10.4. The molecule has 13 nitrogen and oxygen atoms in total. The first kappa shape index (κ1) is 42.0. The average Bonchev–Trinajstić information content (AvgIpc) is 3.78. The Morgan fingerprint density at radius 2 is 0.679 bits per heavy atom. The van der Waals surface area contributed by atoms with E-state index in [-0.39, 0.29) is 28.6 Å². The van der Waals surface area contributed by atoms with E-state index in [1.807, 2.05) is 59.7 Å². The van der Waals surface area contributed by atoms with Crippen molar-refractivity contribution in [3.8, 4) is 0 Å². The first-order valence-corrected chi connectivity index (χ1v) is 20.6. The van der Waals surface area contributed by atoms with Crippen LogP contribution in [0.15, 0.2) is 0 Å². The topological polar surface area (TPSA) is 83.6 Å². The van der Waals surface area contributed by atoms with Crippen LogP contribution in [0.5, 0.6) is 0 Å². The predicted octanol–water partition coefficient (Wildman–Crippen LogP) is 2.49. The Morgan fingerprint density at radius 3 is 0.981 bits per heavy atom. The zero-order valence-corrected chi connectivity index (χ0v) is 35.5. The van der Waals surface area contributed by atoms with Crippen LogP contribution in [0.3, 0.4) is 0 Å². The highest BCUT2D eigenvalue weighted by Crippen LogP contribution is 2.41. The van der Waals surface area contributed by atoms with E-state index in [0.29, 0.717) is 11.3 Å². The summed E-state index contributed by atoms with van der Waals surface area (Å²) in [5.74, 6) is 0.389. The van der Waals surface area contributed by atoms with Crippen molar-refractivity contribution >= 4 is 18.0 Å². The van der Waals surface area contributed by atoms with Gasteiger partial charge >= 0.3 is 12.1 Å². The summed E-state index contributed by atoms with van der Waals surface area (Å²) in [7, 11) is 20.5. The van der Waals surface area contributed by atoms with Gasteiger partial charge in [-0.1, -0.05) is 0 Å². The van der Waals surface area contributed by atoms with Crippen LogP contribution in [0.1, 0.15) is 64.2 Å². The van der Waals surface area contributed by atoms with Gasteiger partial charge in [0.1, 0.15) is 0 Å². The molecule has 0 aromatic rings. The molecule has 0 N–H and O–H groups in total. The molecule has 8 fully saturated rings. The van der Waals surface area contributed by atoms with Crippen LogP contribution in [-0.4, -0.2) is 234 Å². The van der Waals surface area contributed by atoms with E-state index in [2.05, 4.69) is 59.7 Å². The number of piperidine rings is 4. The van der Waals surface area contributed by atoms with E-state index >= 15 is 0 Å². The highest BCUT2D eigenvalue weighted by Gasteiger charge is 2.49. The van der Waals surface area contributed by atoms with Crippen LogP contribution in [0.4, 0.5) is 9.59 Å². The molecule has 0 aromatic heterocycles. The molecule has 13 heteroatoms. The minimum absolute atomic E-state index is 0.0290. The van der Waals surface area contributed by atoms with Crippen molar-refractivity contribution in [2.24, 2.45) is 10.8 Å². The lowest BCUT2D eigenvalue weighted by atomic mass is 9.77. The third kappa shape index (κ3) is 9.27. The smallest absolute Gasteiger partial charge is 0.320 e. The molecule has 0 radical (unpaired) electrons. The van der Waals surface area contributed by atoms with Gasteiger partial charge < -0.3 is 49.0 Å². The van der Waals surface area contributed by atoms with Gasteiger partial charge in [-0.15, -0.1) is 0 Å². The molecule has 5 amide bonds. The van der Waals surface area contributed by atoms with Gasteiger partial charge in [-0.2, -0.15) is 0 Å².